The van der Waals surface area contributed by atoms with Gasteiger partial charge in [0, 0.05) is 23.6 Å². The van der Waals surface area contributed by atoms with Crippen molar-refractivity contribution < 1.29 is 14.6 Å². The maximum Gasteiger partial charge on any atom is 0.313 e. The van der Waals surface area contributed by atoms with E-state index in [9.17, 15) is 9.90 Å². The fourth-order valence-electron chi connectivity index (χ4n) is 4.00. The van der Waals surface area contributed by atoms with Crippen LogP contribution in [0.2, 0.25) is 0 Å². The van der Waals surface area contributed by atoms with Crippen molar-refractivity contribution in [2.24, 2.45) is 5.92 Å². The Labute approximate surface area is 188 Å². The smallest absolute Gasteiger partial charge is 0.313 e. The predicted octanol–water partition coefficient (Wildman–Crippen LogP) is 5.94. The molecule has 0 aliphatic rings. The Morgan fingerprint density at radius 2 is 1.52 bits per heavy atom. The zero-order valence-corrected chi connectivity index (χ0v) is 20.1. The van der Waals surface area contributed by atoms with E-state index in [2.05, 4.69) is 44.7 Å². The Hall–Kier alpha value is -2.17. The molecule has 2 aromatic rings. The van der Waals surface area contributed by atoms with Gasteiger partial charge in [0.15, 0.2) is 0 Å². The van der Waals surface area contributed by atoms with Gasteiger partial charge in [-0.25, -0.2) is 0 Å². The van der Waals surface area contributed by atoms with Crippen molar-refractivity contribution in [3.63, 3.8) is 0 Å². The Morgan fingerprint density at radius 3 is 2.03 bits per heavy atom. The number of rotatable bonds is 10. The van der Waals surface area contributed by atoms with Crippen LogP contribution in [0.1, 0.15) is 83.6 Å². The molecule has 2 aromatic carbocycles. The molecule has 0 heterocycles. The van der Waals surface area contributed by atoms with Gasteiger partial charge in [0.05, 0.1) is 12.0 Å². The maximum absolute atomic E-state index is 12.4. The summed E-state index contributed by atoms with van der Waals surface area (Å²) in [6.45, 7) is 15.3. The minimum Gasteiger partial charge on any atom is -0.426 e. The van der Waals surface area contributed by atoms with Gasteiger partial charge in [0.2, 0.25) is 0 Å². The topological polar surface area (TPSA) is 49.8 Å². The van der Waals surface area contributed by atoms with E-state index in [0.717, 1.165) is 24.1 Å². The summed E-state index contributed by atoms with van der Waals surface area (Å²) in [6.07, 6.45) is 0.295. The molecule has 1 N–H and O–H groups in total. The first-order chi connectivity index (χ1) is 14.6. The lowest BCUT2D eigenvalue weighted by atomic mass is 9.86. The van der Waals surface area contributed by atoms with Crippen LogP contribution in [0.3, 0.4) is 0 Å². The van der Waals surface area contributed by atoms with Crippen LogP contribution < -0.4 is 4.74 Å². The number of benzene rings is 2. The maximum atomic E-state index is 12.4. The quantitative estimate of drug-likeness (QED) is 0.378. The van der Waals surface area contributed by atoms with Crippen LogP contribution in [0.25, 0.3) is 0 Å². The molecule has 0 radical (unpaired) electrons. The van der Waals surface area contributed by atoms with E-state index in [1.807, 2.05) is 50.2 Å². The van der Waals surface area contributed by atoms with Crippen molar-refractivity contribution in [3.05, 3.63) is 65.2 Å². The first-order valence-corrected chi connectivity index (χ1v) is 11.5. The average Bonchev–Trinajstić information content (AvgIpc) is 2.71. The highest BCUT2D eigenvalue weighted by atomic mass is 16.5. The summed E-state index contributed by atoms with van der Waals surface area (Å²) >= 11 is 0. The zero-order chi connectivity index (χ0) is 23.1. The SMILES string of the molecule is CC(C)C(=O)Oc1ccc(C(C)O)cc1C(CCN(C(C)C)C(C)C)c1ccccc1. The van der Waals surface area contributed by atoms with Gasteiger partial charge in [-0.2, -0.15) is 0 Å². The molecule has 4 nitrogen and oxygen atoms in total. The first kappa shape index (κ1) is 25.1. The molecule has 0 saturated carbocycles. The van der Waals surface area contributed by atoms with E-state index in [4.69, 9.17) is 4.74 Å². The van der Waals surface area contributed by atoms with Gasteiger partial charge in [0.1, 0.15) is 5.75 Å². The van der Waals surface area contributed by atoms with Gasteiger partial charge in [0.25, 0.3) is 0 Å². The molecule has 0 spiro atoms. The van der Waals surface area contributed by atoms with E-state index >= 15 is 0 Å². The lowest BCUT2D eigenvalue weighted by molar-refractivity contribution is -0.137. The third-order valence-electron chi connectivity index (χ3n) is 5.78. The van der Waals surface area contributed by atoms with Crippen molar-refractivity contribution >= 4 is 5.97 Å². The highest BCUT2D eigenvalue weighted by Gasteiger charge is 2.24. The zero-order valence-electron chi connectivity index (χ0n) is 20.1. The molecule has 0 bridgehead atoms. The molecule has 0 aliphatic carbocycles. The van der Waals surface area contributed by atoms with Gasteiger partial charge in [-0.05, 0) is 70.8 Å². The van der Waals surface area contributed by atoms with Crippen LogP contribution in [0.4, 0.5) is 0 Å². The molecule has 31 heavy (non-hydrogen) atoms. The number of carbonyl (C=O) groups is 1. The first-order valence-electron chi connectivity index (χ1n) is 11.5. The highest BCUT2D eigenvalue weighted by molar-refractivity contribution is 5.75. The van der Waals surface area contributed by atoms with Crippen molar-refractivity contribution in [1.29, 1.82) is 0 Å². The predicted molar refractivity (Wildman–Crippen MR) is 127 cm³/mol. The molecule has 2 rings (SSSR count). The Morgan fingerprint density at radius 1 is 0.903 bits per heavy atom. The van der Waals surface area contributed by atoms with Gasteiger partial charge in [-0.15, -0.1) is 0 Å². The molecule has 170 valence electrons. The minimum absolute atomic E-state index is 0.0508. The van der Waals surface area contributed by atoms with Crippen LogP contribution >= 0.6 is 0 Å². The number of ether oxygens (including phenoxy) is 1. The standard InChI is InChI=1S/C27H39NO3/c1-18(2)27(30)31-26-14-13-23(21(7)29)17-25(26)24(22-11-9-8-10-12-22)15-16-28(19(3)4)20(5)6/h8-14,17-21,24,29H,15-16H2,1-7H3. The fourth-order valence-corrected chi connectivity index (χ4v) is 4.00. The van der Waals surface area contributed by atoms with Crippen molar-refractivity contribution in [2.45, 2.75) is 79.0 Å². The van der Waals surface area contributed by atoms with Crippen molar-refractivity contribution in [1.82, 2.24) is 4.90 Å². The summed E-state index contributed by atoms with van der Waals surface area (Å²) in [6, 6.07) is 16.9. The minimum atomic E-state index is -0.590. The Bertz CT molecular complexity index is 820. The third kappa shape index (κ3) is 6.91. The van der Waals surface area contributed by atoms with Gasteiger partial charge in [-0.1, -0.05) is 50.2 Å². The number of nitrogens with zero attached hydrogens (tertiary/aromatic N) is 1. The summed E-state index contributed by atoms with van der Waals surface area (Å²) in [4.78, 5) is 14.9. The van der Waals surface area contributed by atoms with Crippen LogP contribution in [0.15, 0.2) is 48.5 Å². The van der Waals surface area contributed by atoms with Gasteiger partial charge >= 0.3 is 5.97 Å². The molecular formula is C27H39NO3. The van der Waals surface area contributed by atoms with Crippen molar-refractivity contribution in [2.75, 3.05) is 6.54 Å². The van der Waals surface area contributed by atoms with Crippen LogP contribution in [0, 0.1) is 5.92 Å². The molecule has 0 aromatic heterocycles. The molecule has 2 atom stereocenters. The number of carbonyl (C=O) groups excluding carboxylic acids is 1. The second kappa shape index (κ2) is 11.4. The summed E-state index contributed by atoms with van der Waals surface area (Å²) in [5.74, 6) is 0.174. The summed E-state index contributed by atoms with van der Waals surface area (Å²) in [5, 5.41) is 10.2. The number of hydrogen-bond acceptors (Lipinski definition) is 4. The summed E-state index contributed by atoms with van der Waals surface area (Å²) < 4.78 is 5.81. The highest BCUT2D eigenvalue weighted by Crippen LogP contribution is 2.37. The largest absolute Gasteiger partial charge is 0.426 e. The van der Waals surface area contributed by atoms with E-state index in [1.54, 1.807) is 6.92 Å². The lowest BCUT2D eigenvalue weighted by Gasteiger charge is -2.32. The molecule has 0 amide bonds. The second-order valence-electron chi connectivity index (χ2n) is 9.23. The van der Waals surface area contributed by atoms with E-state index in [-0.39, 0.29) is 17.8 Å². The van der Waals surface area contributed by atoms with Crippen molar-refractivity contribution in [3.8, 4) is 5.75 Å². The summed E-state index contributed by atoms with van der Waals surface area (Å²) in [5.41, 5.74) is 2.95. The third-order valence-corrected chi connectivity index (χ3v) is 5.78. The number of aliphatic hydroxyl groups is 1. The number of hydrogen-bond donors (Lipinski definition) is 1. The van der Waals surface area contributed by atoms with Crippen LogP contribution in [0.5, 0.6) is 5.75 Å². The average molecular weight is 426 g/mol. The van der Waals surface area contributed by atoms with Gasteiger partial charge in [-0.3, -0.25) is 9.69 Å². The monoisotopic (exact) mass is 425 g/mol. The molecule has 0 saturated heterocycles. The Kier molecular flexibility index (Phi) is 9.27. The molecule has 0 fully saturated rings. The molecule has 4 heteroatoms. The van der Waals surface area contributed by atoms with E-state index < -0.39 is 6.10 Å². The van der Waals surface area contributed by atoms with Crippen LogP contribution in [-0.4, -0.2) is 34.6 Å². The number of esters is 1. The molecule has 2 unspecified atom stereocenters. The molecule has 0 aliphatic heterocycles. The van der Waals surface area contributed by atoms with Gasteiger partial charge < -0.3 is 9.84 Å². The Balaban J connectivity index is 2.52. The van der Waals surface area contributed by atoms with E-state index in [0.29, 0.717) is 17.8 Å². The van der Waals surface area contributed by atoms with Crippen LogP contribution in [-0.2, 0) is 4.79 Å². The second-order valence-corrected chi connectivity index (χ2v) is 9.23. The summed E-state index contributed by atoms with van der Waals surface area (Å²) in [7, 11) is 0. The normalized spacial score (nSPS) is 13.8. The van der Waals surface area contributed by atoms with E-state index in [1.165, 1.54) is 5.56 Å². The molecular weight excluding hydrogens is 386 g/mol. The lowest BCUT2D eigenvalue weighted by Crippen LogP contribution is -2.38. The fraction of sp³-hybridized carbons (Fsp3) is 0.519. The number of aliphatic hydroxyl groups excluding tert-OH is 1.